The molecule has 1 aromatic rings. The van der Waals surface area contributed by atoms with Crippen molar-refractivity contribution >= 4 is 21.6 Å². The molecule has 6 heteroatoms. The third kappa shape index (κ3) is 2.22. The normalized spacial score (nSPS) is 22.5. The van der Waals surface area contributed by atoms with Crippen molar-refractivity contribution in [2.75, 3.05) is 13.1 Å². The molecule has 0 spiro atoms. The molecule has 16 heavy (non-hydrogen) atoms. The number of β-amino-alcohol motifs (C(OH)–C–C–N with tert-alkyl or cyclic N) is 1. The van der Waals surface area contributed by atoms with Gasteiger partial charge in [-0.1, -0.05) is 11.6 Å². The molecule has 0 unspecified atom stereocenters. The number of sulfonamides is 1. The van der Waals surface area contributed by atoms with Crippen molar-refractivity contribution in [2.24, 2.45) is 0 Å². The van der Waals surface area contributed by atoms with Gasteiger partial charge in [-0.2, -0.15) is 4.31 Å². The molecular formula is C10H12ClNO3S. The van der Waals surface area contributed by atoms with Crippen molar-refractivity contribution in [1.29, 1.82) is 0 Å². The van der Waals surface area contributed by atoms with Gasteiger partial charge >= 0.3 is 0 Å². The van der Waals surface area contributed by atoms with E-state index in [1.165, 1.54) is 16.4 Å². The van der Waals surface area contributed by atoms with Gasteiger partial charge in [0, 0.05) is 18.1 Å². The van der Waals surface area contributed by atoms with Crippen molar-refractivity contribution in [3.63, 3.8) is 0 Å². The van der Waals surface area contributed by atoms with Gasteiger partial charge in [0.2, 0.25) is 10.0 Å². The minimum Gasteiger partial charge on any atom is -0.392 e. The summed E-state index contributed by atoms with van der Waals surface area (Å²) >= 11 is 5.70. The average molecular weight is 262 g/mol. The Bertz CT molecular complexity index is 471. The predicted octanol–water partition coefficient (Wildman–Crippen LogP) is 1.10. The average Bonchev–Trinajstić information content (AvgIpc) is 2.66. The molecule has 0 aromatic heterocycles. The van der Waals surface area contributed by atoms with Crippen molar-refractivity contribution in [2.45, 2.75) is 17.4 Å². The number of rotatable bonds is 2. The van der Waals surface area contributed by atoms with Crippen molar-refractivity contribution in [3.05, 3.63) is 29.3 Å². The second kappa shape index (κ2) is 4.33. The Balaban J connectivity index is 2.29. The lowest BCUT2D eigenvalue weighted by Gasteiger charge is -2.15. The van der Waals surface area contributed by atoms with Gasteiger partial charge in [0.1, 0.15) is 0 Å². The van der Waals surface area contributed by atoms with Gasteiger partial charge in [-0.15, -0.1) is 0 Å². The maximum atomic E-state index is 12.1. The van der Waals surface area contributed by atoms with E-state index in [9.17, 15) is 13.5 Å². The summed E-state index contributed by atoms with van der Waals surface area (Å²) in [4.78, 5) is 0.214. The molecule has 88 valence electrons. The van der Waals surface area contributed by atoms with Crippen LogP contribution in [0.1, 0.15) is 6.42 Å². The smallest absolute Gasteiger partial charge is 0.243 e. The second-order valence-corrected chi connectivity index (χ2v) is 6.13. The Morgan fingerprint density at radius 1 is 1.31 bits per heavy atom. The molecule has 1 aliphatic rings. The van der Waals surface area contributed by atoms with E-state index in [2.05, 4.69) is 0 Å². The van der Waals surface area contributed by atoms with Gasteiger partial charge in [-0.25, -0.2) is 8.42 Å². The van der Waals surface area contributed by atoms with Crippen molar-refractivity contribution in [1.82, 2.24) is 4.31 Å². The molecule has 0 bridgehead atoms. The number of nitrogens with zero attached hydrogens (tertiary/aromatic N) is 1. The predicted molar refractivity (Wildman–Crippen MR) is 60.8 cm³/mol. The quantitative estimate of drug-likeness (QED) is 0.867. The van der Waals surface area contributed by atoms with Gasteiger partial charge < -0.3 is 5.11 Å². The van der Waals surface area contributed by atoms with E-state index in [0.717, 1.165) is 0 Å². The highest BCUT2D eigenvalue weighted by atomic mass is 35.5. The van der Waals surface area contributed by atoms with Crippen LogP contribution in [-0.2, 0) is 10.0 Å². The molecule has 1 saturated heterocycles. The van der Waals surface area contributed by atoms with Crippen molar-refractivity contribution < 1.29 is 13.5 Å². The fourth-order valence-corrected chi connectivity index (χ4v) is 3.30. The summed E-state index contributed by atoms with van der Waals surface area (Å²) in [6.07, 6.45) is -0.0608. The number of aliphatic hydroxyl groups is 1. The molecule has 1 aliphatic heterocycles. The number of aliphatic hydroxyl groups excluding tert-OH is 1. The van der Waals surface area contributed by atoms with Crippen LogP contribution >= 0.6 is 11.6 Å². The number of halogens is 1. The number of benzene rings is 1. The van der Waals surface area contributed by atoms with E-state index in [1.807, 2.05) is 0 Å². The zero-order chi connectivity index (χ0) is 11.8. The zero-order valence-electron chi connectivity index (χ0n) is 8.51. The summed E-state index contributed by atoms with van der Waals surface area (Å²) in [6.45, 7) is 0.539. The van der Waals surface area contributed by atoms with Crippen LogP contribution in [0.5, 0.6) is 0 Å². The lowest BCUT2D eigenvalue weighted by molar-refractivity contribution is 0.189. The van der Waals surface area contributed by atoms with Crippen LogP contribution < -0.4 is 0 Å². The first-order valence-electron chi connectivity index (χ1n) is 4.94. The van der Waals surface area contributed by atoms with Gasteiger partial charge in [0.05, 0.1) is 11.0 Å². The van der Waals surface area contributed by atoms with Crippen LogP contribution in [0.4, 0.5) is 0 Å². The monoisotopic (exact) mass is 261 g/mol. The van der Waals surface area contributed by atoms with Crippen molar-refractivity contribution in [3.8, 4) is 0 Å². The highest BCUT2D eigenvalue weighted by Crippen LogP contribution is 2.22. The van der Waals surface area contributed by atoms with Crippen LogP contribution in [0.2, 0.25) is 5.02 Å². The minimum atomic E-state index is -3.47. The molecule has 0 saturated carbocycles. The van der Waals surface area contributed by atoms with Gasteiger partial charge in [0.15, 0.2) is 0 Å². The molecule has 1 atom stereocenters. The van der Waals surface area contributed by atoms with E-state index >= 15 is 0 Å². The van der Waals surface area contributed by atoms with E-state index in [-0.39, 0.29) is 11.4 Å². The molecule has 1 N–H and O–H groups in total. The fourth-order valence-electron chi connectivity index (χ4n) is 1.68. The molecule has 1 fully saturated rings. The summed E-state index contributed by atoms with van der Waals surface area (Å²) in [5.41, 5.74) is 0. The summed E-state index contributed by atoms with van der Waals surface area (Å²) < 4.78 is 25.4. The molecule has 2 rings (SSSR count). The number of hydrogen-bond acceptors (Lipinski definition) is 3. The van der Waals surface area contributed by atoms with Crippen LogP contribution in [0.3, 0.4) is 0 Å². The van der Waals surface area contributed by atoms with Gasteiger partial charge in [-0.3, -0.25) is 0 Å². The van der Waals surface area contributed by atoms with Crippen LogP contribution in [-0.4, -0.2) is 37.0 Å². The van der Waals surface area contributed by atoms with E-state index in [0.29, 0.717) is 18.0 Å². The highest BCUT2D eigenvalue weighted by Gasteiger charge is 2.31. The Hall–Kier alpha value is -0.620. The van der Waals surface area contributed by atoms with Crippen LogP contribution in [0, 0.1) is 0 Å². The third-order valence-corrected chi connectivity index (χ3v) is 4.71. The maximum absolute atomic E-state index is 12.1. The molecule has 4 nitrogen and oxygen atoms in total. The largest absolute Gasteiger partial charge is 0.392 e. The summed E-state index contributed by atoms with van der Waals surface area (Å²) in [7, 11) is -3.47. The van der Waals surface area contributed by atoms with E-state index < -0.39 is 16.1 Å². The van der Waals surface area contributed by atoms with E-state index in [4.69, 9.17) is 11.6 Å². The van der Waals surface area contributed by atoms with Gasteiger partial charge in [-0.05, 0) is 30.7 Å². The first-order chi connectivity index (χ1) is 7.50. The topological polar surface area (TPSA) is 57.6 Å². The van der Waals surface area contributed by atoms with E-state index in [1.54, 1.807) is 12.1 Å². The molecule has 0 amide bonds. The SMILES string of the molecule is O=S(=O)(c1ccc(Cl)cc1)N1CC[C@H](O)C1. The number of hydrogen-bond donors (Lipinski definition) is 1. The third-order valence-electron chi connectivity index (χ3n) is 2.58. The summed E-state index contributed by atoms with van der Waals surface area (Å²) in [5, 5.41) is 9.83. The summed E-state index contributed by atoms with van der Waals surface area (Å²) in [5.74, 6) is 0. The molecule has 0 radical (unpaired) electrons. The summed E-state index contributed by atoms with van der Waals surface area (Å²) in [6, 6.07) is 6.03. The fraction of sp³-hybridized carbons (Fsp3) is 0.400. The molecule has 1 aromatic carbocycles. The lowest BCUT2D eigenvalue weighted by atomic mass is 10.3. The zero-order valence-corrected chi connectivity index (χ0v) is 10.1. The van der Waals surface area contributed by atoms with Gasteiger partial charge in [0.25, 0.3) is 0 Å². The van der Waals surface area contributed by atoms with Crippen LogP contribution in [0.25, 0.3) is 0 Å². The first-order valence-corrected chi connectivity index (χ1v) is 6.76. The standard InChI is InChI=1S/C10H12ClNO3S/c11-8-1-3-10(4-2-8)16(14,15)12-6-5-9(13)7-12/h1-4,9,13H,5-7H2/t9-/m0/s1. The second-order valence-electron chi connectivity index (χ2n) is 3.76. The lowest BCUT2D eigenvalue weighted by Crippen LogP contribution is -2.29. The van der Waals surface area contributed by atoms with Crippen LogP contribution in [0.15, 0.2) is 29.2 Å². The Morgan fingerprint density at radius 3 is 2.44 bits per heavy atom. The highest BCUT2D eigenvalue weighted by molar-refractivity contribution is 7.89. The minimum absolute atomic E-state index is 0.172. The molecule has 0 aliphatic carbocycles. The Labute approximate surface area is 99.5 Å². The maximum Gasteiger partial charge on any atom is 0.243 e. The Kier molecular flexibility index (Phi) is 3.21. The molecule has 1 heterocycles. The Morgan fingerprint density at radius 2 is 1.94 bits per heavy atom. The molecular weight excluding hydrogens is 250 g/mol. The first kappa shape index (κ1) is 11.9.